The second kappa shape index (κ2) is 7.77. The number of hydrogen-bond donors (Lipinski definition) is 1. The quantitative estimate of drug-likeness (QED) is 0.793. The first kappa shape index (κ1) is 17.2. The van der Waals surface area contributed by atoms with Crippen molar-refractivity contribution >= 4 is 0 Å². The molecule has 1 unspecified atom stereocenters. The maximum atomic E-state index is 10.6. The lowest BCUT2D eigenvalue weighted by atomic mass is 9.82. The van der Waals surface area contributed by atoms with E-state index in [-0.39, 0.29) is 11.5 Å². The van der Waals surface area contributed by atoms with E-state index in [4.69, 9.17) is 4.74 Å². The first-order valence-corrected chi connectivity index (χ1v) is 7.36. The molecule has 0 amide bonds. The van der Waals surface area contributed by atoms with Gasteiger partial charge in [-0.15, -0.1) is 0 Å². The van der Waals surface area contributed by atoms with Crippen LogP contribution in [0.25, 0.3) is 0 Å². The Morgan fingerprint density at radius 3 is 2.35 bits per heavy atom. The predicted molar refractivity (Wildman–Crippen MR) is 83.8 cm³/mol. The van der Waals surface area contributed by atoms with Crippen molar-refractivity contribution in [2.24, 2.45) is 5.41 Å². The van der Waals surface area contributed by atoms with Crippen molar-refractivity contribution in [3.05, 3.63) is 35.9 Å². The molecular formula is C17H29NO2. The Morgan fingerprint density at radius 2 is 1.80 bits per heavy atom. The maximum Gasteiger partial charge on any atom is 0.0853 e. The van der Waals surface area contributed by atoms with Gasteiger partial charge in [-0.25, -0.2) is 0 Å². The van der Waals surface area contributed by atoms with Crippen LogP contribution in [0.4, 0.5) is 0 Å². The fourth-order valence-corrected chi connectivity index (χ4v) is 2.39. The van der Waals surface area contributed by atoms with Gasteiger partial charge in [0.1, 0.15) is 0 Å². The van der Waals surface area contributed by atoms with Crippen LogP contribution in [0.2, 0.25) is 0 Å². The van der Waals surface area contributed by atoms with Crippen LogP contribution >= 0.6 is 0 Å². The highest BCUT2D eigenvalue weighted by molar-refractivity contribution is 5.19. The number of nitrogens with zero attached hydrogens (tertiary/aromatic N) is 1. The molecule has 0 radical (unpaired) electrons. The molecule has 1 atom stereocenters. The van der Waals surface area contributed by atoms with Gasteiger partial charge in [-0.1, -0.05) is 44.2 Å². The first-order valence-electron chi connectivity index (χ1n) is 7.36. The molecule has 0 bridgehead atoms. The Hall–Kier alpha value is -0.900. The Morgan fingerprint density at radius 1 is 1.20 bits per heavy atom. The lowest BCUT2D eigenvalue weighted by molar-refractivity contribution is 0.0124. The van der Waals surface area contributed by atoms with Gasteiger partial charge < -0.3 is 14.7 Å². The second-order valence-corrected chi connectivity index (χ2v) is 6.46. The summed E-state index contributed by atoms with van der Waals surface area (Å²) in [4.78, 5) is 2.22. The maximum absolute atomic E-state index is 10.6. The Bertz CT molecular complexity index is 376. The molecule has 1 aromatic carbocycles. The molecular weight excluding hydrogens is 250 g/mol. The molecule has 1 aromatic rings. The molecule has 0 aromatic heterocycles. The molecule has 0 saturated carbocycles. The minimum absolute atomic E-state index is 0.200. The minimum atomic E-state index is -0.461. The van der Waals surface area contributed by atoms with Gasteiger partial charge in [0.25, 0.3) is 0 Å². The second-order valence-electron chi connectivity index (χ2n) is 6.46. The van der Waals surface area contributed by atoms with Crippen molar-refractivity contribution in [2.45, 2.75) is 39.9 Å². The van der Waals surface area contributed by atoms with E-state index in [1.807, 2.05) is 44.2 Å². The minimum Gasteiger partial charge on any atom is -0.388 e. The lowest BCUT2D eigenvalue weighted by Crippen LogP contribution is -2.37. The van der Waals surface area contributed by atoms with Gasteiger partial charge in [0.2, 0.25) is 0 Å². The van der Waals surface area contributed by atoms with Gasteiger partial charge in [-0.05, 0) is 26.5 Å². The number of hydrogen-bond acceptors (Lipinski definition) is 3. The van der Waals surface area contributed by atoms with E-state index in [0.29, 0.717) is 0 Å². The number of likely N-dealkylation sites (N-methyl/N-ethyl adjacent to an activating group) is 1. The highest BCUT2D eigenvalue weighted by Crippen LogP contribution is 2.33. The fraction of sp³-hybridized carbons (Fsp3) is 0.647. The molecule has 20 heavy (non-hydrogen) atoms. The number of ether oxygens (including phenoxy) is 1. The van der Waals surface area contributed by atoms with Crippen LogP contribution in [0, 0.1) is 5.41 Å². The number of aliphatic hydroxyl groups is 1. The third kappa shape index (κ3) is 5.61. The van der Waals surface area contributed by atoms with Crippen molar-refractivity contribution < 1.29 is 9.84 Å². The average molecular weight is 279 g/mol. The van der Waals surface area contributed by atoms with Gasteiger partial charge in [0, 0.05) is 18.5 Å². The highest BCUT2D eigenvalue weighted by Gasteiger charge is 2.30. The summed E-state index contributed by atoms with van der Waals surface area (Å²) >= 11 is 0. The van der Waals surface area contributed by atoms with Crippen molar-refractivity contribution in [1.82, 2.24) is 4.90 Å². The van der Waals surface area contributed by atoms with E-state index in [1.54, 1.807) is 0 Å². The van der Waals surface area contributed by atoms with E-state index in [0.717, 1.165) is 25.3 Å². The zero-order chi connectivity index (χ0) is 15.2. The van der Waals surface area contributed by atoms with E-state index >= 15 is 0 Å². The van der Waals surface area contributed by atoms with Crippen LogP contribution in [0.3, 0.4) is 0 Å². The van der Waals surface area contributed by atoms with Crippen LogP contribution in [0.1, 0.15) is 39.4 Å². The lowest BCUT2D eigenvalue weighted by Gasteiger charge is -2.35. The van der Waals surface area contributed by atoms with E-state index in [9.17, 15) is 5.11 Å². The molecule has 0 heterocycles. The van der Waals surface area contributed by atoms with Crippen LogP contribution in [0.15, 0.2) is 30.3 Å². The number of benzene rings is 1. The van der Waals surface area contributed by atoms with E-state index in [2.05, 4.69) is 25.8 Å². The summed E-state index contributed by atoms with van der Waals surface area (Å²) in [6.45, 7) is 10.7. The van der Waals surface area contributed by atoms with E-state index < -0.39 is 6.10 Å². The summed E-state index contributed by atoms with van der Waals surface area (Å²) < 4.78 is 5.57. The Kier molecular flexibility index (Phi) is 6.66. The average Bonchev–Trinajstić information content (AvgIpc) is 2.37. The molecule has 0 aliphatic heterocycles. The molecule has 1 N–H and O–H groups in total. The summed E-state index contributed by atoms with van der Waals surface area (Å²) in [5.74, 6) is 0. The summed E-state index contributed by atoms with van der Waals surface area (Å²) in [7, 11) is 2.07. The molecule has 0 saturated heterocycles. The number of aliphatic hydroxyl groups excluding tert-OH is 1. The van der Waals surface area contributed by atoms with Gasteiger partial charge in [0.15, 0.2) is 0 Å². The summed E-state index contributed by atoms with van der Waals surface area (Å²) in [6.07, 6.45) is -0.191. The molecule has 3 nitrogen and oxygen atoms in total. The topological polar surface area (TPSA) is 32.7 Å². The predicted octanol–water partition coefficient (Wildman–Crippen LogP) is 3.10. The number of rotatable bonds is 8. The molecule has 0 spiro atoms. The third-order valence-electron chi connectivity index (χ3n) is 3.46. The SMILES string of the molecule is CC(C)OCCN(C)CC(C)(C)C(O)c1ccccc1. The molecule has 1 rings (SSSR count). The molecule has 0 aliphatic carbocycles. The van der Waals surface area contributed by atoms with Crippen molar-refractivity contribution in [3.63, 3.8) is 0 Å². The highest BCUT2D eigenvalue weighted by atomic mass is 16.5. The Balaban J connectivity index is 2.51. The molecule has 114 valence electrons. The zero-order valence-corrected chi connectivity index (χ0v) is 13.5. The molecule has 0 aliphatic rings. The van der Waals surface area contributed by atoms with Crippen molar-refractivity contribution in [3.8, 4) is 0 Å². The van der Waals surface area contributed by atoms with Crippen LogP contribution in [0.5, 0.6) is 0 Å². The smallest absolute Gasteiger partial charge is 0.0853 e. The van der Waals surface area contributed by atoms with Gasteiger partial charge in [-0.3, -0.25) is 0 Å². The van der Waals surface area contributed by atoms with Gasteiger partial charge in [0.05, 0.1) is 18.8 Å². The monoisotopic (exact) mass is 279 g/mol. The molecule has 3 heteroatoms. The molecule has 0 fully saturated rings. The summed E-state index contributed by atoms with van der Waals surface area (Å²) in [5, 5.41) is 10.6. The van der Waals surface area contributed by atoms with Gasteiger partial charge >= 0.3 is 0 Å². The van der Waals surface area contributed by atoms with Crippen LogP contribution < -0.4 is 0 Å². The Labute approximate surface area is 123 Å². The zero-order valence-electron chi connectivity index (χ0n) is 13.5. The van der Waals surface area contributed by atoms with Crippen LogP contribution in [-0.2, 0) is 4.74 Å². The summed E-state index contributed by atoms with van der Waals surface area (Å²) in [5.41, 5.74) is 0.776. The van der Waals surface area contributed by atoms with Crippen molar-refractivity contribution in [2.75, 3.05) is 26.7 Å². The largest absolute Gasteiger partial charge is 0.388 e. The normalized spacial score (nSPS) is 14.0. The first-order chi connectivity index (χ1) is 9.33. The van der Waals surface area contributed by atoms with Crippen LogP contribution in [-0.4, -0.2) is 42.9 Å². The standard InChI is InChI=1S/C17H29NO2/c1-14(2)20-12-11-18(5)13-17(3,4)16(19)15-9-7-6-8-10-15/h6-10,14,16,19H,11-13H2,1-5H3. The van der Waals surface area contributed by atoms with Crippen molar-refractivity contribution in [1.29, 1.82) is 0 Å². The fourth-order valence-electron chi connectivity index (χ4n) is 2.39. The van der Waals surface area contributed by atoms with E-state index in [1.165, 1.54) is 0 Å². The summed E-state index contributed by atoms with van der Waals surface area (Å²) in [6, 6.07) is 9.87. The van der Waals surface area contributed by atoms with Gasteiger partial charge in [-0.2, -0.15) is 0 Å². The third-order valence-corrected chi connectivity index (χ3v) is 3.46.